The Labute approximate surface area is 261 Å². The van der Waals surface area contributed by atoms with Crippen molar-refractivity contribution in [3.05, 3.63) is 98.6 Å². The standard InChI is InChI=1S/C33H36FIN2O4Si/c1-21-31(42(2,3)34)29(17-30(39)36-19-24-11-5-4-10-23(24)16-26(36)20-38)41-33(21)27-13-6-7-14-28(27)37(32(33)40)18-22-9-8-12-25(35)15-22/h4-15,21,26,29,31,38H,16-20H2,1-3H3/t21-,26+,29+,31-,33+/m1/s1. The normalized spacial score (nSPS) is 27.0. The van der Waals surface area contributed by atoms with E-state index in [1.165, 1.54) is 0 Å². The van der Waals surface area contributed by atoms with Crippen LogP contribution in [-0.4, -0.2) is 49.0 Å². The van der Waals surface area contributed by atoms with Gasteiger partial charge in [-0.1, -0.05) is 61.5 Å². The van der Waals surface area contributed by atoms with E-state index in [9.17, 15) is 14.7 Å². The Morgan fingerprint density at radius 3 is 2.52 bits per heavy atom. The summed E-state index contributed by atoms with van der Waals surface area (Å²) in [6.45, 7) is 5.83. The number of halogens is 2. The van der Waals surface area contributed by atoms with E-state index >= 15 is 4.11 Å². The predicted octanol–water partition coefficient (Wildman–Crippen LogP) is 5.95. The van der Waals surface area contributed by atoms with E-state index in [0.717, 1.165) is 31.5 Å². The van der Waals surface area contributed by atoms with Crippen LogP contribution in [0.25, 0.3) is 0 Å². The molecule has 3 aromatic carbocycles. The molecule has 0 bridgehead atoms. The Morgan fingerprint density at radius 1 is 1.10 bits per heavy atom. The number of carbonyl (C=O) groups excluding carboxylic acids is 2. The number of benzene rings is 3. The number of aliphatic hydroxyl groups is 1. The van der Waals surface area contributed by atoms with E-state index in [0.29, 0.717) is 19.5 Å². The molecule has 0 saturated carbocycles. The Balaban J connectivity index is 1.34. The topological polar surface area (TPSA) is 70.1 Å². The maximum absolute atomic E-state index is 16.2. The zero-order valence-corrected chi connectivity index (χ0v) is 27.3. The molecule has 6 nitrogen and oxygen atoms in total. The lowest BCUT2D eigenvalue weighted by atomic mass is 9.82. The number of anilines is 1. The number of rotatable bonds is 6. The van der Waals surface area contributed by atoms with Gasteiger partial charge in [-0.3, -0.25) is 9.59 Å². The first kappa shape index (κ1) is 29.5. The molecule has 42 heavy (non-hydrogen) atoms. The molecule has 0 aliphatic carbocycles. The van der Waals surface area contributed by atoms with Gasteiger partial charge in [0, 0.05) is 27.1 Å². The number of aliphatic hydroxyl groups excluding tert-OH is 1. The third-order valence-electron chi connectivity index (χ3n) is 9.36. The van der Waals surface area contributed by atoms with Gasteiger partial charge in [-0.25, -0.2) is 0 Å². The zero-order valence-electron chi connectivity index (χ0n) is 24.1. The fourth-order valence-corrected chi connectivity index (χ4v) is 10.6. The Bertz CT molecular complexity index is 1530. The van der Waals surface area contributed by atoms with Gasteiger partial charge >= 0.3 is 0 Å². The fraction of sp³-hybridized carbons (Fsp3) is 0.394. The van der Waals surface area contributed by atoms with Crippen molar-refractivity contribution in [3.63, 3.8) is 0 Å². The molecule has 3 aliphatic rings. The number of para-hydroxylation sites is 1. The lowest BCUT2D eigenvalue weighted by Crippen LogP contribution is -2.48. The number of hydrogen-bond acceptors (Lipinski definition) is 4. The predicted molar refractivity (Wildman–Crippen MR) is 171 cm³/mol. The average molecular weight is 699 g/mol. The van der Waals surface area contributed by atoms with E-state index in [2.05, 4.69) is 28.7 Å². The molecule has 220 valence electrons. The Hall–Kier alpha value is -2.60. The van der Waals surface area contributed by atoms with E-state index in [1.807, 2.05) is 73.7 Å². The molecule has 0 radical (unpaired) electrons. The molecule has 1 saturated heterocycles. The third-order valence-corrected chi connectivity index (χ3v) is 12.5. The van der Waals surface area contributed by atoms with E-state index in [1.54, 1.807) is 22.9 Å². The van der Waals surface area contributed by atoms with Gasteiger partial charge in [-0.15, -0.1) is 0 Å². The molecule has 9 heteroatoms. The van der Waals surface area contributed by atoms with Crippen LogP contribution in [0.15, 0.2) is 72.8 Å². The SMILES string of the molecule is C[C@@H]1[C@@H]([Si](C)(C)F)[C@H](CC(=O)N2Cc3ccccc3C[C@H]2CO)O[C@@]12C(=O)N(Cc1cccc(I)c1)c1ccccc12. The number of nitrogens with zero attached hydrogens (tertiary/aromatic N) is 2. The van der Waals surface area contributed by atoms with Gasteiger partial charge in [0.1, 0.15) is 0 Å². The van der Waals surface area contributed by atoms with Crippen LogP contribution in [0.5, 0.6) is 0 Å². The first-order chi connectivity index (χ1) is 20.0. The Kier molecular flexibility index (Phi) is 7.82. The van der Waals surface area contributed by atoms with Crippen LogP contribution in [0.2, 0.25) is 18.6 Å². The van der Waals surface area contributed by atoms with Crippen molar-refractivity contribution in [2.24, 2.45) is 5.92 Å². The molecule has 1 N–H and O–H groups in total. The second-order valence-electron chi connectivity index (χ2n) is 12.3. The summed E-state index contributed by atoms with van der Waals surface area (Å²) in [6, 6.07) is 23.3. The number of hydrogen-bond donors (Lipinski definition) is 1. The van der Waals surface area contributed by atoms with Gasteiger partial charge in [0.25, 0.3) is 5.91 Å². The summed E-state index contributed by atoms with van der Waals surface area (Å²) in [5.41, 5.74) is 2.75. The van der Waals surface area contributed by atoms with Crippen LogP contribution < -0.4 is 4.90 Å². The first-order valence-corrected chi connectivity index (χ1v) is 18.6. The van der Waals surface area contributed by atoms with Gasteiger partial charge < -0.3 is 23.8 Å². The van der Waals surface area contributed by atoms with Crippen molar-refractivity contribution in [3.8, 4) is 0 Å². The quantitative estimate of drug-likeness (QED) is 0.197. The van der Waals surface area contributed by atoms with Gasteiger partial charge in [-0.2, -0.15) is 0 Å². The summed E-state index contributed by atoms with van der Waals surface area (Å²) >= 11 is 2.26. The van der Waals surface area contributed by atoms with Gasteiger partial charge in [0.15, 0.2) is 5.60 Å². The van der Waals surface area contributed by atoms with Crippen LogP contribution in [0.3, 0.4) is 0 Å². The second kappa shape index (κ2) is 11.2. The highest BCUT2D eigenvalue weighted by Gasteiger charge is 2.67. The maximum Gasteiger partial charge on any atom is 0.264 e. The summed E-state index contributed by atoms with van der Waals surface area (Å²) in [6.07, 6.45) is -0.233. The highest BCUT2D eigenvalue weighted by molar-refractivity contribution is 14.1. The number of amides is 2. The average Bonchev–Trinajstić information content (AvgIpc) is 3.38. The molecule has 0 aromatic heterocycles. The minimum atomic E-state index is -3.41. The smallest absolute Gasteiger partial charge is 0.264 e. The van der Waals surface area contributed by atoms with Crippen molar-refractivity contribution >= 4 is 48.5 Å². The van der Waals surface area contributed by atoms with Gasteiger partial charge in [0.05, 0.1) is 37.4 Å². The molecule has 3 aliphatic heterocycles. The van der Waals surface area contributed by atoms with Crippen molar-refractivity contribution < 1.29 is 23.5 Å². The molecule has 1 fully saturated rings. The van der Waals surface area contributed by atoms with Crippen LogP contribution in [0, 0.1) is 9.49 Å². The van der Waals surface area contributed by atoms with E-state index < -0.39 is 31.6 Å². The zero-order chi connectivity index (χ0) is 29.8. The summed E-state index contributed by atoms with van der Waals surface area (Å²) in [4.78, 5) is 31.9. The van der Waals surface area contributed by atoms with Gasteiger partial charge in [-0.05, 0) is 77.0 Å². The lowest BCUT2D eigenvalue weighted by Gasteiger charge is -2.37. The second-order valence-corrected chi connectivity index (χ2v) is 17.4. The molecule has 0 unspecified atom stereocenters. The first-order valence-electron chi connectivity index (χ1n) is 14.5. The summed E-state index contributed by atoms with van der Waals surface area (Å²) in [5.74, 6) is -0.851. The third kappa shape index (κ3) is 4.91. The summed E-state index contributed by atoms with van der Waals surface area (Å²) < 4.78 is 24.1. The number of ether oxygens (including phenoxy) is 1. The van der Waals surface area contributed by atoms with Gasteiger partial charge in [0.2, 0.25) is 14.3 Å². The molecular formula is C33H36FIN2O4Si. The number of carbonyl (C=O) groups is 2. The highest BCUT2D eigenvalue weighted by atomic mass is 127. The van der Waals surface area contributed by atoms with Crippen LogP contribution >= 0.6 is 22.6 Å². The molecule has 2 amide bonds. The van der Waals surface area contributed by atoms with E-state index in [4.69, 9.17) is 4.74 Å². The van der Waals surface area contributed by atoms with Crippen molar-refractivity contribution in [2.45, 2.75) is 69.2 Å². The van der Waals surface area contributed by atoms with Crippen molar-refractivity contribution in [1.29, 1.82) is 0 Å². The fourth-order valence-electron chi connectivity index (χ4n) is 7.51. The molecule has 1 spiro atoms. The van der Waals surface area contributed by atoms with Crippen LogP contribution in [-0.2, 0) is 39.4 Å². The number of fused-ring (bicyclic) bond motifs is 3. The van der Waals surface area contributed by atoms with Crippen molar-refractivity contribution in [2.75, 3.05) is 11.5 Å². The lowest BCUT2D eigenvalue weighted by molar-refractivity contribution is -0.151. The van der Waals surface area contributed by atoms with Crippen LogP contribution in [0.4, 0.5) is 9.80 Å². The monoisotopic (exact) mass is 698 g/mol. The minimum Gasteiger partial charge on any atom is -0.394 e. The summed E-state index contributed by atoms with van der Waals surface area (Å²) in [5, 5.41) is 10.2. The minimum absolute atomic E-state index is 0.0396. The van der Waals surface area contributed by atoms with Crippen LogP contribution in [0.1, 0.15) is 35.6 Å². The molecule has 3 heterocycles. The largest absolute Gasteiger partial charge is 0.394 e. The van der Waals surface area contributed by atoms with E-state index in [-0.39, 0.29) is 30.9 Å². The molecular weight excluding hydrogens is 662 g/mol. The summed E-state index contributed by atoms with van der Waals surface area (Å²) in [7, 11) is -3.41. The molecule has 3 aromatic rings. The Morgan fingerprint density at radius 2 is 1.81 bits per heavy atom. The van der Waals surface area contributed by atoms with Crippen molar-refractivity contribution in [1.82, 2.24) is 4.90 Å². The molecule has 5 atom stereocenters. The molecule has 6 rings (SSSR count). The highest BCUT2D eigenvalue weighted by Crippen LogP contribution is 2.60. The maximum atomic E-state index is 16.2.